The van der Waals surface area contributed by atoms with E-state index in [1.165, 1.54) is 11.8 Å². The van der Waals surface area contributed by atoms with Crippen LogP contribution in [0.15, 0.2) is 23.1 Å². The maximum Gasteiger partial charge on any atom is 0.256 e. The molecule has 0 heterocycles. The lowest BCUT2D eigenvalue weighted by atomic mass is 10.1. The number of hydroxylamine groups is 1. The van der Waals surface area contributed by atoms with Gasteiger partial charge in [0.2, 0.25) is 0 Å². The smallest absolute Gasteiger partial charge is 0.256 e. The van der Waals surface area contributed by atoms with Gasteiger partial charge in [-0.2, -0.15) is 0 Å². The van der Waals surface area contributed by atoms with Gasteiger partial charge in [0, 0.05) is 4.90 Å². The van der Waals surface area contributed by atoms with Crippen molar-refractivity contribution in [2.24, 2.45) is 0 Å². The van der Waals surface area contributed by atoms with Gasteiger partial charge in [0.25, 0.3) is 5.91 Å². The first-order valence-corrected chi connectivity index (χ1v) is 8.36. The van der Waals surface area contributed by atoms with Crippen molar-refractivity contribution in [2.75, 3.05) is 14.2 Å². The van der Waals surface area contributed by atoms with E-state index in [2.05, 4.69) is 6.92 Å². The summed E-state index contributed by atoms with van der Waals surface area (Å²) in [6.07, 6.45) is 5.10. The molecule has 1 aromatic rings. The van der Waals surface area contributed by atoms with Crippen LogP contribution < -0.4 is 15.0 Å². The number of methoxy groups -OCH3 is 2. The summed E-state index contributed by atoms with van der Waals surface area (Å²) < 4.78 is 10.5. The molecule has 0 spiro atoms. The van der Waals surface area contributed by atoms with E-state index in [0.717, 1.165) is 37.0 Å². The van der Waals surface area contributed by atoms with Crippen molar-refractivity contribution in [3.05, 3.63) is 18.2 Å². The second-order valence-corrected chi connectivity index (χ2v) is 6.22. The number of ether oxygens (including phenoxy) is 2. The van der Waals surface area contributed by atoms with Gasteiger partial charge in [0.05, 0.1) is 19.5 Å². The van der Waals surface area contributed by atoms with Gasteiger partial charge < -0.3 is 9.47 Å². The van der Waals surface area contributed by atoms with Gasteiger partial charge in [-0.05, 0) is 24.6 Å². The Morgan fingerprint density at radius 1 is 1.23 bits per heavy atom. The van der Waals surface area contributed by atoms with E-state index in [-0.39, 0.29) is 11.2 Å². The lowest BCUT2D eigenvalue weighted by molar-refractivity contribution is -0.128. The largest absolute Gasteiger partial charge is 0.493 e. The molecule has 0 aliphatic heterocycles. The molecule has 0 saturated carbocycles. The molecule has 1 aromatic carbocycles. The van der Waals surface area contributed by atoms with Gasteiger partial charge in [0.15, 0.2) is 11.5 Å². The first-order chi connectivity index (χ1) is 10.7. The van der Waals surface area contributed by atoms with E-state index in [9.17, 15) is 4.79 Å². The molecule has 0 fully saturated rings. The highest BCUT2D eigenvalue weighted by Gasteiger charge is 2.19. The highest BCUT2D eigenvalue weighted by molar-refractivity contribution is 8.00. The van der Waals surface area contributed by atoms with Crippen LogP contribution in [0.5, 0.6) is 11.5 Å². The molecule has 0 aliphatic rings. The zero-order valence-electron chi connectivity index (χ0n) is 13.4. The number of unbranched alkanes of at least 4 members (excludes halogenated alkanes) is 3. The van der Waals surface area contributed by atoms with Gasteiger partial charge in [-0.1, -0.05) is 32.6 Å². The third-order valence-electron chi connectivity index (χ3n) is 3.36. The third kappa shape index (κ3) is 5.77. The zero-order chi connectivity index (χ0) is 16.4. The van der Waals surface area contributed by atoms with Gasteiger partial charge >= 0.3 is 0 Å². The number of benzene rings is 1. The van der Waals surface area contributed by atoms with Gasteiger partial charge in [-0.3, -0.25) is 10.0 Å². The van der Waals surface area contributed by atoms with Crippen LogP contribution in [0, 0.1) is 0 Å². The standard InChI is InChI=1S/C16H25NO4S/c1-4-5-6-7-8-15(16(18)17-19)22-12-9-10-13(20-2)14(11-12)21-3/h9-11,15,19H,4-8H2,1-3H3,(H,17,18). The van der Waals surface area contributed by atoms with Crippen LogP contribution in [0.4, 0.5) is 0 Å². The minimum Gasteiger partial charge on any atom is -0.493 e. The first kappa shape index (κ1) is 18.6. The van der Waals surface area contributed by atoms with Crippen LogP contribution in [0.1, 0.15) is 39.0 Å². The summed E-state index contributed by atoms with van der Waals surface area (Å²) in [5.74, 6) is 0.913. The van der Waals surface area contributed by atoms with Gasteiger partial charge in [-0.25, -0.2) is 5.48 Å². The van der Waals surface area contributed by atoms with E-state index < -0.39 is 0 Å². The van der Waals surface area contributed by atoms with Crippen molar-refractivity contribution in [3.63, 3.8) is 0 Å². The topological polar surface area (TPSA) is 67.8 Å². The Balaban J connectivity index is 2.73. The monoisotopic (exact) mass is 327 g/mol. The molecular weight excluding hydrogens is 302 g/mol. The average Bonchev–Trinajstić information content (AvgIpc) is 2.56. The number of rotatable bonds is 10. The van der Waals surface area contributed by atoms with E-state index in [1.807, 2.05) is 18.2 Å². The van der Waals surface area contributed by atoms with Crippen molar-refractivity contribution in [2.45, 2.75) is 49.2 Å². The molecule has 124 valence electrons. The summed E-state index contributed by atoms with van der Waals surface area (Å²) in [6.45, 7) is 2.15. The van der Waals surface area contributed by atoms with Crippen LogP contribution in [-0.4, -0.2) is 30.6 Å². The van der Waals surface area contributed by atoms with E-state index in [0.29, 0.717) is 11.5 Å². The molecule has 2 N–H and O–H groups in total. The van der Waals surface area contributed by atoms with E-state index >= 15 is 0 Å². The molecule has 1 atom stereocenters. The predicted molar refractivity (Wildman–Crippen MR) is 87.9 cm³/mol. The predicted octanol–water partition coefficient (Wildman–Crippen LogP) is 3.64. The van der Waals surface area contributed by atoms with Crippen LogP contribution in [0.25, 0.3) is 0 Å². The molecular formula is C16H25NO4S. The highest BCUT2D eigenvalue weighted by atomic mass is 32.2. The highest BCUT2D eigenvalue weighted by Crippen LogP contribution is 2.34. The SMILES string of the molecule is CCCCCCC(Sc1ccc(OC)c(OC)c1)C(=O)NO. The summed E-state index contributed by atoms with van der Waals surface area (Å²) in [5.41, 5.74) is 1.76. The lowest BCUT2D eigenvalue weighted by Crippen LogP contribution is -2.30. The Kier molecular flexibility index (Phi) is 8.77. The number of carbonyl (C=O) groups excluding carboxylic acids is 1. The quantitative estimate of drug-likeness (QED) is 0.297. The molecule has 6 heteroatoms. The molecule has 22 heavy (non-hydrogen) atoms. The number of thioether (sulfide) groups is 1. The molecule has 0 aliphatic carbocycles. The average molecular weight is 327 g/mol. The van der Waals surface area contributed by atoms with Crippen molar-refractivity contribution in [1.82, 2.24) is 5.48 Å². The molecule has 1 rings (SSSR count). The first-order valence-electron chi connectivity index (χ1n) is 7.48. The molecule has 5 nitrogen and oxygen atoms in total. The molecule has 0 aromatic heterocycles. The van der Waals surface area contributed by atoms with Crippen molar-refractivity contribution < 1.29 is 19.5 Å². The molecule has 1 unspecified atom stereocenters. The minimum atomic E-state index is -0.365. The Morgan fingerprint density at radius 3 is 2.55 bits per heavy atom. The lowest BCUT2D eigenvalue weighted by Gasteiger charge is -2.15. The number of hydrogen-bond acceptors (Lipinski definition) is 5. The van der Waals surface area contributed by atoms with Gasteiger partial charge in [0.1, 0.15) is 0 Å². The molecule has 0 radical (unpaired) electrons. The minimum absolute atomic E-state index is 0.319. The van der Waals surface area contributed by atoms with E-state index in [1.54, 1.807) is 19.7 Å². The fourth-order valence-electron chi connectivity index (χ4n) is 2.13. The molecule has 0 saturated heterocycles. The Bertz CT molecular complexity index is 467. The number of amides is 1. The number of hydrogen-bond donors (Lipinski definition) is 2. The number of carbonyl (C=O) groups is 1. The second-order valence-electron chi connectivity index (χ2n) is 4.95. The fourth-order valence-corrected chi connectivity index (χ4v) is 3.22. The normalized spacial score (nSPS) is 11.8. The van der Waals surface area contributed by atoms with Crippen LogP contribution in [0.2, 0.25) is 0 Å². The second kappa shape index (κ2) is 10.3. The summed E-state index contributed by atoms with van der Waals surface area (Å²) >= 11 is 1.42. The number of nitrogens with one attached hydrogen (secondary N) is 1. The zero-order valence-corrected chi connectivity index (χ0v) is 14.2. The Hall–Kier alpha value is -1.40. The fraction of sp³-hybridized carbons (Fsp3) is 0.562. The van der Waals surface area contributed by atoms with Crippen molar-refractivity contribution >= 4 is 17.7 Å². The van der Waals surface area contributed by atoms with Crippen LogP contribution >= 0.6 is 11.8 Å². The maximum atomic E-state index is 11.8. The van der Waals surface area contributed by atoms with Crippen LogP contribution in [0.3, 0.4) is 0 Å². The van der Waals surface area contributed by atoms with Gasteiger partial charge in [-0.15, -0.1) is 11.8 Å². The molecule has 1 amide bonds. The maximum absolute atomic E-state index is 11.8. The van der Waals surface area contributed by atoms with Crippen LogP contribution in [-0.2, 0) is 4.79 Å². The Morgan fingerprint density at radius 2 is 1.95 bits per heavy atom. The molecule has 0 bridgehead atoms. The summed E-state index contributed by atoms with van der Waals surface area (Å²) in [7, 11) is 3.16. The summed E-state index contributed by atoms with van der Waals surface area (Å²) in [4.78, 5) is 12.7. The van der Waals surface area contributed by atoms with Crippen molar-refractivity contribution in [3.8, 4) is 11.5 Å². The summed E-state index contributed by atoms with van der Waals surface area (Å²) in [5, 5.41) is 8.59. The van der Waals surface area contributed by atoms with Crippen molar-refractivity contribution in [1.29, 1.82) is 0 Å². The van der Waals surface area contributed by atoms with E-state index in [4.69, 9.17) is 14.7 Å². The Labute approximate surface area is 136 Å². The third-order valence-corrected chi connectivity index (χ3v) is 4.62. The summed E-state index contributed by atoms with van der Waals surface area (Å²) in [6, 6.07) is 5.54.